The molecule has 0 fully saturated rings. The topological polar surface area (TPSA) is 66.8 Å². The number of ketones is 1. The molecule has 5 nitrogen and oxygen atoms in total. The van der Waals surface area contributed by atoms with E-state index in [1.165, 1.54) is 186 Å². The first-order valence-electron chi connectivity index (χ1n) is 29.0. The Balaban J connectivity index is 7.08. The van der Waals surface area contributed by atoms with E-state index in [1.54, 1.807) is 0 Å². The standard InChI is InChI=1S/C58H115NO4/c1-7-13-19-25-31-37-43-49-57(50-44-38-32-26-20-14-8-2,63-54-48-42-36-30-24-18-12-6)55(60)58(56(61)62,51-45-39-33-27-21-15-9-3)59(52-46-40-34-28-22-16-10-4)53-47-41-35-29-23-17-11-5/h7-54H2,1-6H3,(H,61,62)/t58-/m0/s1. The van der Waals surface area contributed by atoms with Crippen LogP contribution in [0.25, 0.3) is 0 Å². The van der Waals surface area contributed by atoms with Gasteiger partial charge in [0.15, 0.2) is 11.3 Å². The number of rotatable bonds is 53. The molecule has 0 aliphatic rings. The lowest BCUT2D eigenvalue weighted by Gasteiger charge is -2.46. The molecule has 1 N–H and O–H groups in total. The van der Waals surface area contributed by atoms with E-state index in [-0.39, 0.29) is 5.78 Å². The summed E-state index contributed by atoms with van der Waals surface area (Å²) in [6.45, 7) is 15.6. The number of aliphatic carboxylic acids is 1. The summed E-state index contributed by atoms with van der Waals surface area (Å²) in [4.78, 5) is 33.1. The number of carboxylic acids is 1. The van der Waals surface area contributed by atoms with Crippen LogP contribution in [0, 0.1) is 0 Å². The number of hydrogen-bond donors (Lipinski definition) is 1. The Kier molecular flexibility index (Phi) is 45.5. The zero-order valence-corrected chi connectivity index (χ0v) is 44.1. The number of carboxylic acid groups (broad SMARTS) is 1. The molecule has 0 aromatic carbocycles. The van der Waals surface area contributed by atoms with Crippen LogP contribution in [0.3, 0.4) is 0 Å². The Morgan fingerprint density at radius 2 is 0.603 bits per heavy atom. The second-order valence-electron chi connectivity index (χ2n) is 20.3. The second-order valence-corrected chi connectivity index (χ2v) is 20.3. The highest BCUT2D eigenvalue weighted by atomic mass is 16.5. The average Bonchev–Trinajstić information content (AvgIpc) is 3.28. The van der Waals surface area contributed by atoms with Gasteiger partial charge in [-0.05, 0) is 51.6 Å². The van der Waals surface area contributed by atoms with Gasteiger partial charge < -0.3 is 9.84 Å². The van der Waals surface area contributed by atoms with Crippen LogP contribution in [0.2, 0.25) is 0 Å². The summed E-state index contributed by atoms with van der Waals surface area (Å²) in [5, 5.41) is 11.9. The van der Waals surface area contributed by atoms with Crippen molar-refractivity contribution in [2.45, 2.75) is 342 Å². The highest BCUT2D eigenvalue weighted by Gasteiger charge is 2.57. The van der Waals surface area contributed by atoms with E-state index >= 15 is 4.79 Å². The predicted octanol–water partition coefficient (Wildman–Crippen LogP) is 19.1. The van der Waals surface area contributed by atoms with Crippen molar-refractivity contribution in [2.24, 2.45) is 0 Å². The van der Waals surface area contributed by atoms with Crippen LogP contribution >= 0.6 is 0 Å². The van der Waals surface area contributed by atoms with E-state index < -0.39 is 17.1 Å². The Bertz CT molecular complexity index is 932. The number of nitrogens with zero attached hydrogens (tertiary/aromatic N) is 1. The summed E-state index contributed by atoms with van der Waals surface area (Å²) in [6.07, 6.45) is 51.2. The predicted molar refractivity (Wildman–Crippen MR) is 277 cm³/mol. The Hall–Kier alpha value is -0.940. The fourth-order valence-corrected chi connectivity index (χ4v) is 10.1. The maximum atomic E-state index is 16.3. The Morgan fingerprint density at radius 1 is 0.349 bits per heavy atom. The Labute approximate surface area is 396 Å². The normalized spacial score (nSPS) is 13.0. The third kappa shape index (κ3) is 31.6. The largest absolute Gasteiger partial charge is 0.480 e. The Morgan fingerprint density at radius 3 is 0.905 bits per heavy atom. The summed E-state index contributed by atoms with van der Waals surface area (Å²) in [7, 11) is 0. The summed E-state index contributed by atoms with van der Waals surface area (Å²) < 4.78 is 7.21. The van der Waals surface area contributed by atoms with E-state index in [0.717, 1.165) is 83.5 Å². The second kappa shape index (κ2) is 46.2. The zero-order chi connectivity index (χ0) is 46.4. The van der Waals surface area contributed by atoms with Gasteiger partial charge in [-0.15, -0.1) is 0 Å². The molecular formula is C58H115NO4. The molecule has 0 unspecified atom stereocenters. The number of hydrogen-bond acceptors (Lipinski definition) is 4. The van der Waals surface area contributed by atoms with Crippen molar-refractivity contribution in [1.82, 2.24) is 4.90 Å². The molecule has 0 spiro atoms. The van der Waals surface area contributed by atoms with Crippen molar-refractivity contribution >= 4 is 11.8 Å². The number of unbranched alkanes of at least 4 members (excludes halogenated alkanes) is 36. The lowest BCUT2D eigenvalue weighted by molar-refractivity contribution is -0.174. The lowest BCUT2D eigenvalue weighted by atomic mass is 9.73. The van der Waals surface area contributed by atoms with Crippen molar-refractivity contribution in [3.63, 3.8) is 0 Å². The van der Waals surface area contributed by atoms with Gasteiger partial charge in [-0.2, -0.15) is 0 Å². The van der Waals surface area contributed by atoms with E-state index in [4.69, 9.17) is 4.74 Å². The minimum absolute atomic E-state index is 0.0701. The molecule has 0 aliphatic heterocycles. The van der Waals surface area contributed by atoms with Crippen LogP contribution in [-0.2, 0) is 14.3 Å². The molecule has 0 rings (SSSR count). The first-order valence-corrected chi connectivity index (χ1v) is 29.0. The highest BCUT2D eigenvalue weighted by Crippen LogP contribution is 2.39. The fraction of sp³-hybridized carbons (Fsp3) is 0.966. The van der Waals surface area contributed by atoms with E-state index in [0.29, 0.717) is 39.0 Å². The van der Waals surface area contributed by atoms with Crippen LogP contribution in [0.1, 0.15) is 330 Å². The van der Waals surface area contributed by atoms with Gasteiger partial charge in [0.25, 0.3) is 0 Å². The molecule has 0 heterocycles. The molecular weight excluding hydrogens is 775 g/mol. The minimum Gasteiger partial charge on any atom is -0.480 e. The van der Waals surface area contributed by atoms with Gasteiger partial charge in [-0.25, -0.2) is 4.79 Å². The van der Waals surface area contributed by atoms with E-state index in [2.05, 4.69) is 46.4 Å². The number of ether oxygens (including phenoxy) is 1. The van der Waals surface area contributed by atoms with Gasteiger partial charge in [0.2, 0.25) is 0 Å². The maximum Gasteiger partial charge on any atom is 0.332 e. The van der Waals surface area contributed by atoms with Crippen LogP contribution in [-0.4, -0.2) is 52.6 Å². The number of Topliss-reactive ketones (excluding diaryl/α,β-unsaturated/α-hetero) is 1. The van der Waals surface area contributed by atoms with Crippen molar-refractivity contribution in [3.05, 3.63) is 0 Å². The van der Waals surface area contributed by atoms with Gasteiger partial charge in [-0.1, -0.05) is 292 Å². The van der Waals surface area contributed by atoms with Crippen LogP contribution in [0.5, 0.6) is 0 Å². The van der Waals surface area contributed by atoms with Crippen molar-refractivity contribution in [1.29, 1.82) is 0 Å². The first-order chi connectivity index (χ1) is 30.9. The van der Waals surface area contributed by atoms with Crippen LogP contribution in [0.15, 0.2) is 0 Å². The molecule has 0 saturated heterocycles. The highest BCUT2D eigenvalue weighted by molar-refractivity contribution is 6.11. The third-order valence-electron chi connectivity index (χ3n) is 14.4. The molecule has 0 saturated carbocycles. The fourth-order valence-electron chi connectivity index (χ4n) is 10.1. The van der Waals surface area contributed by atoms with Gasteiger partial charge in [0, 0.05) is 6.61 Å². The third-order valence-corrected chi connectivity index (χ3v) is 14.4. The molecule has 0 aromatic heterocycles. The summed E-state index contributed by atoms with van der Waals surface area (Å²) in [6, 6.07) is 0. The van der Waals surface area contributed by atoms with Gasteiger partial charge in [-0.3, -0.25) is 9.69 Å². The van der Waals surface area contributed by atoms with Gasteiger partial charge in [0.05, 0.1) is 0 Å². The number of carbonyl (C=O) groups is 2. The summed E-state index contributed by atoms with van der Waals surface area (Å²) in [5.41, 5.74) is -2.59. The monoisotopic (exact) mass is 890 g/mol. The average molecular weight is 891 g/mol. The van der Waals surface area contributed by atoms with Crippen LogP contribution in [0.4, 0.5) is 0 Å². The molecule has 0 aromatic rings. The van der Waals surface area contributed by atoms with E-state index in [9.17, 15) is 9.90 Å². The van der Waals surface area contributed by atoms with Gasteiger partial charge >= 0.3 is 5.97 Å². The van der Waals surface area contributed by atoms with Crippen molar-refractivity contribution in [2.75, 3.05) is 19.7 Å². The molecule has 5 heteroatoms. The lowest BCUT2D eigenvalue weighted by Crippen LogP contribution is -2.67. The quantitative estimate of drug-likeness (QED) is 0.0487. The molecule has 0 radical (unpaired) electrons. The van der Waals surface area contributed by atoms with E-state index in [1.807, 2.05) is 0 Å². The zero-order valence-electron chi connectivity index (χ0n) is 44.1. The molecule has 376 valence electrons. The SMILES string of the molecule is CCCCCCCCCOC(CCCCCCCCC)(CCCCCCCCC)C(=O)[C@@](CCCCCCCCC)(C(=O)O)N(CCCCCCCCC)CCCCCCCCC. The molecule has 63 heavy (non-hydrogen) atoms. The first kappa shape index (κ1) is 62.1. The van der Waals surface area contributed by atoms with Crippen molar-refractivity contribution < 1.29 is 19.4 Å². The smallest absolute Gasteiger partial charge is 0.332 e. The molecule has 0 aliphatic carbocycles. The number of carbonyl (C=O) groups excluding carboxylic acids is 1. The van der Waals surface area contributed by atoms with Crippen LogP contribution < -0.4 is 0 Å². The van der Waals surface area contributed by atoms with Crippen molar-refractivity contribution in [3.8, 4) is 0 Å². The molecule has 0 amide bonds. The minimum atomic E-state index is -1.55. The molecule has 0 bridgehead atoms. The summed E-state index contributed by atoms with van der Waals surface area (Å²) in [5.74, 6) is -0.966. The van der Waals surface area contributed by atoms with Gasteiger partial charge in [0.1, 0.15) is 5.60 Å². The summed E-state index contributed by atoms with van der Waals surface area (Å²) >= 11 is 0. The maximum absolute atomic E-state index is 16.3. The molecule has 1 atom stereocenters.